The minimum Gasteiger partial charge on any atom is -0.494 e. The van der Waals surface area contributed by atoms with Crippen LogP contribution in [0.25, 0.3) is 16.3 Å². The van der Waals surface area contributed by atoms with Crippen molar-refractivity contribution in [3.05, 3.63) is 59.7 Å². The van der Waals surface area contributed by atoms with Crippen molar-refractivity contribution in [2.24, 2.45) is 0 Å². The Kier molecular flexibility index (Phi) is 6.44. The van der Waals surface area contributed by atoms with E-state index in [0.29, 0.717) is 11.7 Å². The van der Waals surface area contributed by atoms with Gasteiger partial charge in [-0.15, -0.1) is 0 Å². The minimum absolute atomic E-state index is 0.0687. The highest BCUT2D eigenvalue weighted by atomic mass is 32.1. The molecule has 0 aliphatic carbocycles. The topological polar surface area (TPSA) is 46.9 Å². The second kappa shape index (κ2) is 8.99. The van der Waals surface area contributed by atoms with Crippen molar-refractivity contribution < 1.29 is 14.4 Å². The Bertz CT molecular complexity index is 980. The molecular formula is C22H26N3O2S+. The molecule has 1 aromatic heterocycles. The first kappa shape index (κ1) is 20.0. The number of fused-ring (bicyclic) bond motifs is 1. The second-order valence-corrected chi connectivity index (χ2v) is 7.93. The number of ether oxygens (including phenoxy) is 1. The number of anilines is 1. The average Bonchev–Trinajstić information content (AvgIpc) is 3.13. The third-order valence-corrected chi connectivity index (χ3v) is 5.68. The summed E-state index contributed by atoms with van der Waals surface area (Å²) in [5, 5.41) is 0.701. The number of nitrogens with zero attached hydrogens (tertiary/aromatic N) is 2. The van der Waals surface area contributed by atoms with E-state index < -0.39 is 0 Å². The van der Waals surface area contributed by atoms with Crippen LogP contribution in [0.2, 0.25) is 0 Å². The SMILES string of the molecule is COc1ccc(C)c2sc(N(CC[NH+](C)C)C(=O)/C=C/c3ccccc3)nc12. The van der Waals surface area contributed by atoms with Gasteiger partial charge in [-0.05, 0) is 30.2 Å². The molecule has 0 saturated carbocycles. The first-order chi connectivity index (χ1) is 13.5. The molecule has 1 amide bonds. The van der Waals surface area contributed by atoms with Crippen LogP contribution in [0.5, 0.6) is 5.75 Å². The second-order valence-electron chi connectivity index (χ2n) is 6.95. The van der Waals surface area contributed by atoms with Crippen molar-refractivity contribution in [2.45, 2.75) is 6.92 Å². The van der Waals surface area contributed by atoms with Gasteiger partial charge in [-0.3, -0.25) is 9.69 Å². The summed E-state index contributed by atoms with van der Waals surface area (Å²) in [6.07, 6.45) is 3.47. The van der Waals surface area contributed by atoms with Gasteiger partial charge in [0.05, 0.1) is 39.0 Å². The van der Waals surface area contributed by atoms with Gasteiger partial charge in [0.1, 0.15) is 11.3 Å². The molecule has 1 heterocycles. The predicted octanol–water partition coefficient (Wildman–Crippen LogP) is 2.80. The number of carbonyl (C=O) groups is 1. The average molecular weight is 397 g/mol. The monoisotopic (exact) mass is 396 g/mol. The molecule has 6 heteroatoms. The third kappa shape index (κ3) is 4.58. The van der Waals surface area contributed by atoms with Crippen LogP contribution < -0.4 is 14.5 Å². The summed E-state index contributed by atoms with van der Waals surface area (Å²) in [7, 11) is 5.80. The first-order valence-electron chi connectivity index (χ1n) is 9.27. The van der Waals surface area contributed by atoms with Crippen LogP contribution in [-0.4, -0.2) is 45.2 Å². The van der Waals surface area contributed by atoms with Crippen molar-refractivity contribution in [1.82, 2.24) is 4.98 Å². The van der Waals surface area contributed by atoms with Crippen LogP contribution in [0.3, 0.4) is 0 Å². The van der Waals surface area contributed by atoms with Gasteiger partial charge in [-0.25, -0.2) is 4.98 Å². The third-order valence-electron chi connectivity index (χ3n) is 4.46. The number of quaternary nitrogens is 1. The molecule has 5 nitrogen and oxygen atoms in total. The number of amides is 1. The molecule has 0 atom stereocenters. The number of hydrogen-bond donors (Lipinski definition) is 1. The Hall–Kier alpha value is -2.70. The molecule has 0 fully saturated rings. The van der Waals surface area contributed by atoms with E-state index in [1.54, 1.807) is 18.1 Å². The zero-order chi connectivity index (χ0) is 20.1. The standard InChI is InChI=1S/C22H25N3O2S/c1-16-10-12-18(27-4)20-21(16)28-22(23-20)25(15-14-24(2)3)19(26)13-11-17-8-6-5-7-9-17/h5-13H,14-15H2,1-4H3/p+1/b13-11+. The van der Waals surface area contributed by atoms with E-state index in [4.69, 9.17) is 9.72 Å². The lowest BCUT2D eigenvalue weighted by Crippen LogP contribution is -3.06. The molecule has 1 N–H and O–H groups in total. The molecule has 0 bridgehead atoms. The van der Waals surface area contributed by atoms with E-state index >= 15 is 0 Å². The van der Waals surface area contributed by atoms with Crippen LogP contribution in [0.1, 0.15) is 11.1 Å². The quantitative estimate of drug-likeness (QED) is 0.625. The summed E-state index contributed by atoms with van der Waals surface area (Å²) >= 11 is 1.53. The molecule has 28 heavy (non-hydrogen) atoms. The number of carbonyl (C=O) groups excluding carboxylic acids is 1. The van der Waals surface area contributed by atoms with Gasteiger partial charge in [0.15, 0.2) is 5.13 Å². The van der Waals surface area contributed by atoms with Gasteiger partial charge < -0.3 is 9.64 Å². The van der Waals surface area contributed by atoms with Gasteiger partial charge in [0, 0.05) is 6.08 Å². The van der Waals surface area contributed by atoms with Crippen LogP contribution >= 0.6 is 11.3 Å². The molecule has 146 valence electrons. The van der Waals surface area contributed by atoms with Crippen molar-refractivity contribution >= 4 is 38.7 Å². The lowest BCUT2D eigenvalue weighted by Gasteiger charge is -2.19. The number of hydrogen-bond acceptors (Lipinski definition) is 4. The Labute approximate surface area is 169 Å². The largest absolute Gasteiger partial charge is 0.494 e. The Morgan fingerprint density at radius 1 is 1.21 bits per heavy atom. The van der Waals surface area contributed by atoms with E-state index in [0.717, 1.165) is 33.6 Å². The number of thiazole rings is 1. The summed E-state index contributed by atoms with van der Waals surface area (Å²) in [5.74, 6) is 0.661. The van der Waals surface area contributed by atoms with E-state index in [1.807, 2.05) is 48.5 Å². The Balaban J connectivity index is 1.95. The molecule has 2 aromatic carbocycles. The summed E-state index contributed by atoms with van der Waals surface area (Å²) < 4.78 is 6.51. The maximum atomic E-state index is 13.0. The van der Waals surface area contributed by atoms with E-state index in [1.165, 1.54) is 16.2 Å². The van der Waals surface area contributed by atoms with Crippen molar-refractivity contribution in [3.8, 4) is 5.75 Å². The molecule has 3 aromatic rings. The maximum absolute atomic E-state index is 13.0. The van der Waals surface area contributed by atoms with Gasteiger partial charge in [-0.1, -0.05) is 47.7 Å². The van der Waals surface area contributed by atoms with Crippen LogP contribution in [0.4, 0.5) is 5.13 Å². The zero-order valence-electron chi connectivity index (χ0n) is 16.7. The summed E-state index contributed by atoms with van der Waals surface area (Å²) in [6, 6.07) is 13.8. The number of nitrogens with one attached hydrogen (secondary N) is 1. The number of likely N-dealkylation sites (N-methyl/N-ethyl adjacent to an activating group) is 1. The Morgan fingerprint density at radius 2 is 1.96 bits per heavy atom. The number of benzene rings is 2. The minimum atomic E-state index is -0.0687. The highest BCUT2D eigenvalue weighted by Crippen LogP contribution is 2.36. The summed E-state index contributed by atoms with van der Waals surface area (Å²) in [5.41, 5.74) is 2.94. The van der Waals surface area contributed by atoms with E-state index in [-0.39, 0.29) is 5.91 Å². The van der Waals surface area contributed by atoms with Crippen LogP contribution in [0.15, 0.2) is 48.5 Å². The van der Waals surface area contributed by atoms with Crippen molar-refractivity contribution in [2.75, 3.05) is 39.2 Å². The molecule has 0 saturated heterocycles. The van der Waals surface area contributed by atoms with E-state index in [9.17, 15) is 4.79 Å². The van der Waals surface area contributed by atoms with Gasteiger partial charge in [0.25, 0.3) is 5.91 Å². The number of aromatic nitrogens is 1. The molecule has 0 aliphatic rings. The molecule has 0 spiro atoms. The van der Waals surface area contributed by atoms with Crippen LogP contribution in [-0.2, 0) is 4.79 Å². The van der Waals surface area contributed by atoms with Crippen molar-refractivity contribution in [1.29, 1.82) is 0 Å². The number of aryl methyl sites for hydroxylation is 1. The zero-order valence-corrected chi connectivity index (χ0v) is 17.5. The lowest BCUT2D eigenvalue weighted by molar-refractivity contribution is -0.856. The smallest absolute Gasteiger partial charge is 0.252 e. The highest BCUT2D eigenvalue weighted by Gasteiger charge is 2.21. The number of rotatable bonds is 7. The van der Waals surface area contributed by atoms with Gasteiger partial charge >= 0.3 is 0 Å². The van der Waals surface area contributed by atoms with Crippen LogP contribution in [0, 0.1) is 6.92 Å². The first-order valence-corrected chi connectivity index (χ1v) is 10.1. The molecule has 3 rings (SSSR count). The van der Waals surface area contributed by atoms with Gasteiger partial charge in [0.2, 0.25) is 0 Å². The molecule has 0 radical (unpaired) electrons. The molecule has 0 unspecified atom stereocenters. The fourth-order valence-electron chi connectivity index (χ4n) is 2.84. The fourth-order valence-corrected chi connectivity index (χ4v) is 3.92. The summed E-state index contributed by atoms with van der Waals surface area (Å²) in [6.45, 7) is 3.48. The molecular weight excluding hydrogens is 370 g/mol. The van der Waals surface area contributed by atoms with Gasteiger partial charge in [-0.2, -0.15) is 0 Å². The fraction of sp³-hybridized carbons (Fsp3) is 0.273. The van der Waals surface area contributed by atoms with E-state index in [2.05, 4.69) is 21.0 Å². The maximum Gasteiger partial charge on any atom is 0.252 e. The predicted molar refractivity (Wildman–Crippen MR) is 116 cm³/mol. The lowest BCUT2D eigenvalue weighted by atomic mass is 10.2. The Morgan fingerprint density at radius 3 is 2.64 bits per heavy atom. The number of methoxy groups -OCH3 is 1. The van der Waals surface area contributed by atoms with Crippen molar-refractivity contribution in [3.63, 3.8) is 0 Å². The highest BCUT2D eigenvalue weighted by molar-refractivity contribution is 7.22. The molecule has 0 aliphatic heterocycles. The summed E-state index contributed by atoms with van der Waals surface area (Å²) in [4.78, 5) is 20.8. The normalized spacial score (nSPS) is 11.5.